The third kappa shape index (κ3) is 4.23. The van der Waals surface area contributed by atoms with Gasteiger partial charge in [-0.05, 0) is 49.7 Å². The zero-order valence-corrected chi connectivity index (χ0v) is 13.1. The van der Waals surface area contributed by atoms with Gasteiger partial charge in [-0.3, -0.25) is 0 Å². The van der Waals surface area contributed by atoms with E-state index >= 15 is 0 Å². The summed E-state index contributed by atoms with van der Waals surface area (Å²) in [6.07, 6.45) is -3.51. The highest BCUT2D eigenvalue weighted by atomic mass is 35.5. The molecule has 1 aromatic rings. The Morgan fingerprint density at radius 2 is 2.14 bits per heavy atom. The van der Waals surface area contributed by atoms with Crippen molar-refractivity contribution in [2.45, 2.75) is 25.9 Å². The number of hydrogen-bond donors (Lipinski definition) is 1. The van der Waals surface area contributed by atoms with Crippen LogP contribution in [0.4, 0.5) is 18.9 Å². The second kappa shape index (κ2) is 6.40. The number of alkyl halides is 3. The standard InChI is InChI=1S/C14H16ClF3N2S/c1-9-4-5-11(7-12(9)15)19-13(21)20-6-2-3-10(8-20)14(16,17)18/h4-5,7,10H,2-3,6,8H2,1H3,(H,19,21)/t10-/m0/s1. The Bertz CT molecular complexity index is 533. The first-order valence-electron chi connectivity index (χ1n) is 6.66. The fourth-order valence-electron chi connectivity index (χ4n) is 2.30. The molecule has 1 aliphatic rings. The first-order valence-corrected chi connectivity index (χ1v) is 7.45. The summed E-state index contributed by atoms with van der Waals surface area (Å²) in [5.41, 5.74) is 1.62. The number of aryl methyl sites for hydroxylation is 1. The lowest BCUT2D eigenvalue weighted by molar-refractivity contribution is -0.183. The van der Waals surface area contributed by atoms with Gasteiger partial charge in [0.2, 0.25) is 0 Å². The summed E-state index contributed by atoms with van der Waals surface area (Å²) in [6.45, 7) is 2.33. The molecule has 1 atom stereocenters. The van der Waals surface area contributed by atoms with Crippen LogP contribution >= 0.6 is 23.8 Å². The van der Waals surface area contributed by atoms with Crippen LogP contribution < -0.4 is 5.32 Å². The van der Waals surface area contributed by atoms with Crippen LogP contribution in [0.1, 0.15) is 18.4 Å². The number of likely N-dealkylation sites (tertiary alicyclic amines) is 1. The molecule has 0 amide bonds. The fraction of sp³-hybridized carbons (Fsp3) is 0.500. The number of benzene rings is 1. The van der Waals surface area contributed by atoms with Gasteiger partial charge in [-0.1, -0.05) is 17.7 Å². The van der Waals surface area contributed by atoms with Crippen molar-refractivity contribution >= 4 is 34.6 Å². The summed E-state index contributed by atoms with van der Waals surface area (Å²) in [6, 6.07) is 5.36. The van der Waals surface area contributed by atoms with E-state index in [1.165, 1.54) is 0 Å². The minimum atomic E-state index is -4.17. The molecule has 0 unspecified atom stereocenters. The SMILES string of the molecule is Cc1ccc(NC(=S)N2CCC[C@H](C(F)(F)F)C2)cc1Cl. The summed E-state index contributed by atoms with van der Waals surface area (Å²) in [7, 11) is 0. The van der Waals surface area contributed by atoms with Gasteiger partial charge in [-0.15, -0.1) is 0 Å². The molecule has 21 heavy (non-hydrogen) atoms. The number of hydrogen-bond acceptors (Lipinski definition) is 1. The number of rotatable bonds is 1. The topological polar surface area (TPSA) is 15.3 Å². The molecular weight excluding hydrogens is 321 g/mol. The van der Waals surface area contributed by atoms with Crippen molar-refractivity contribution in [3.05, 3.63) is 28.8 Å². The van der Waals surface area contributed by atoms with E-state index in [0.29, 0.717) is 28.8 Å². The minimum Gasteiger partial charge on any atom is -0.348 e. The number of halogens is 4. The summed E-state index contributed by atoms with van der Waals surface area (Å²) in [5, 5.41) is 3.86. The summed E-state index contributed by atoms with van der Waals surface area (Å²) in [5.74, 6) is -1.31. The van der Waals surface area contributed by atoms with Gasteiger partial charge < -0.3 is 10.2 Å². The second-order valence-electron chi connectivity index (χ2n) is 5.22. The molecule has 1 fully saturated rings. The number of anilines is 1. The third-order valence-corrected chi connectivity index (χ3v) is 4.36. The first kappa shape index (κ1) is 16.4. The molecule has 0 saturated carbocycles. The van der Waals surface area contributed by atoms with Crippen molar-refractivity contribution in [3.63, 3.8) is 0 Å². The molecule has 0 bridgehead atoms. The van der Waals surface area contributed by atoms with E-state index in [-0.39, 0.29) is 13.0 Å². The first-order chi connectivity index (χ1) is 9.77. The van der Waals surface area contributed by atoms with Crippen molar-refractivity contribution in [3.8, 4) is 0 Å². The number of piperidine rings is 1. The Hall–Kier alpha value is -1.01. The Balaban J connectivity index is 2.01. The van der Waals surface area contributed by atoms with Crippen LogP contribution in [0.2, 0.25) is 5.02 Å². The van der Waals surface area contributed by atoms with Gasteiger partial charge in [0.05, 0.1) is 5.92 Å². The Kier molecular flexibility index (Phi) is 4.99. The average Bonchev–Trinajstić information content (AvgIpc) is 2.42. The predicted molar refractivity (Wildman–Crippen MR) is 82.8 cm³/mol. The van der Waals surface area contributed by atoms with Crippen LogP contribution in [-0.2, 0) is 0 Å². The molecule has 7 heteroatoms. The van der Waals surface area contributed by atoms with E-state index < -0.39 is 12.1 Å². The van der Waals surface area contributed by atoms with E-state index in [2.05, 4.69) is 5.32 Å². The van der Waals surface area contributed by atoms with Crippen LogP contribution in [0.3, 0.4) is 0 Å². The third-order valence-electron chi connectivity index (χ3n) is 3.59. The maximum atomic E-state index is 12.8. The quantitative estimate of drug-likeness (QED) is 0.753. The van der Waals surface area contributed by atoms with Gasteiger partial charge in [-0.25, -0.2) is 0 Å². The molecule has 0 aliphatic carbocycles. The van der Waals surface area contributed by atoms with Crippen LogP contribution in [0.5, 0.6) is 0 Å². The molecule has 1 saturated heterocycles. The maximum Gasteiger partial charge on any atom is 0.393 e. The normalized spacial score (nSPS) is 19.5. The Morgan fingerprint density at radius 3 is 2.76 bits per heavy atom. The number of nitrogens with one attached hydrogen (secondary N) is 1. The number of thiocarbonyl (C=S) groups is 1. The van der Waals surface area contributed by atoms with Crippen LogP contribution in [-0.4, -0.2) is 29.3 Å². The zero-order valence-electron chi connectivity index (χ0n) is 11.5. The van der Waals surface area contributed by atoms with Crippen molar-refractivity contribution in [2.24, 2.45) is 5.92 Å². The molecule has 1 heterocycles. The smallest absolute Gasteiger partial charge is 0.348 e. The zero-order chi connectivity index (χ0) is 15.6. The van der Waals surface area contributed by atoms with E-state index in [1.54, 1.807) is 17.0 Å². The summed E-state index contributed by atoms with van der Waals surface area (Å²) in [4.78, 5) is 1.57. The largest absolute Gasteiger partial charge is 0.393 e. The van der Waals surface area contributed by atoms with Gasteiger partial charge in [0.15, 0.2) is 5.11 Å². The predicted octanol–water partition coefficient (Wildman–Crippen LogP) is 4.62. The van der Waals surface area contributed by atoms with Gasteiger partial charge >= 0.3 is 6.18 Å². The Labute approximate surface area is 132 Å². The number of nitrogens with zero attached hydrogens (tertiary/aromatic N) is 1. The molecule has 0 spiro atoms. The van der Waals surface area contributed by atoms with Crippen molar-refractivity contribution < 1.29 is 13.2 Å². The summed E-state index contributed by atoms with van der Waals surface area (Å²) < 4.78 is 38.4. The van der Waals surface area contributed by atoms with Crippen molar-refractivity contribution in [2.75, 3.05) is 18.4 Å². The monoisotopic (exact) mass is 336 g/mol. The van der Waals surface area contributed by atoms with Crippen LogP contribution in [0.15, 0.2) is 18.2 Å². The highest BCUT2D eigenvalue weighted by Crippen LogP contribution is 2.33. The van der Waals surface area contributed by atoms with E-state index in [0.717, 1.165) is 5.56 Å². The molecule has 0 radical (unpaired) electrons. The molecule has 1 aromatic carbocycles. The van der Waals surface area contributed by atoms with Crippen LogP contribution in [0, 0.1) is 12.8 Å². The highest BCUT2D eigenvalue weighted by molar-refractivity contribution is 7.80. The molecule has 1 N–H and O–H groups in total. The molecular formula is C14H16ClF3N2S. The Morgan fingerprint density at radius 1 is 1.43 bits per heavy atom. The molecule has 1 aliphatic heterocycles. The summed E-state index contributed by atoms with van der Waals surface area (Å²) >= 11 is 11.2. The fourth-order valence-corrected chi connectivity index (χ4v) is 2.77. The highest BCUT2D eigenvalue weighted by Gasteiger charge is 2.42. The van der Waals surface area contributed by atoms with Crippen molar-refractivity contribution in [1.29, 1.82) is 0 Å². The maximum absolute atomic E-state index is 12.8. The van der Waals surface area contributed by atoms with Gasteiger partial charge in [-0.2, -0.15) is 13.2 Å². The van der Waals surface area contributed by atoms with Crippen molar-refractivity contribution in [1.82, 2.24) is 4.90 Å². The van der Waals surface area contributed by atoms with Gasteiger partial charge in [0.1, 0.15) is 0 Å². The second-order valence-corrected chi connectivity index (χ2v) is 6.01. The van der Waals surface area contributed by atoms with E-state index in [9.17, 15) is 13.2 Å². The lowest BCUT2D eigenvalue weighted by atomic mass is 9.98. The molecule has 2 rings (SSSR count). The lowest BCUT2D eigenvalue weighted by Crippen LogP contribution is -2.46. The van der Waals surface area contributed by atoms with E-state index in [4.69, 9.17) is 23.8 Å². The van der Waals surface area contributed by atoms with E-state index in [1.807, 2.05) is 13.0 Å². The average molecular weight is 337 g/mol. The molecule has 2 nitrogen and oxygen atoms in total. The molecule has 0 aromatic heterocycles. The van der Waals surface area contributed by atoms with Crippen LogP contribution in [0.25, 0.3) is 0 Å². The molecule has 116 valence electrons. The van der Waals surface area contributed by atoms with Gasteiger partial charge in [0.25, 0.3) is 0 Å². The lowest BCUT2D eigenvalue weighted by Gasteiger charge is -2.35. The van der Waals surface area contributed by atoms with Gasteiger partial charge in [0, 0.05) is 23.8 Å². The minimum absolute atomic E-state index is 0.0884.